The lowest BCUT2D eigenvalue weighted by atomic mass is 9.88. The lowest BCUT2D eigenvalue weighted by molar-refractivity contribution is -0.142. The normalized spacial score (nSPS) is 17.7. The number of fused-ring (bicyclic) bond motifs is 1. The number of anilines is 2. The molecule has 5 rings (SSSR count). The number of Topliss-reactive ketones (excluding diaryl/α,β-unsaturated/α-hetero) is 1. The summed E-state index contributed by atoms with van der Waals surface area (Å²) in [5.41, 5.74) is 2.60. The molecule has 4 aromatic rings. The maximum Gasteiger partial charge on any atom is 0.307 e. The van der Waals surface area contributed by atoms with Gasteiger partial charge in [0.05, 0.1) is 11.6 Å². The van der Waals surface area contributed by atoms with Crippen molar-refractivity contribution < 1.29 is 27.9 Å². The van der Waals surface area contributed by atoms with Crippen LogP contribution in [0.1, 0.15) is 29.6 Å². The lowest BCUT2D eigenvalue weighted by Gasteiger charge is -2.14. The highest BCUT2D eigenvalue weighted by molar-refractivity contribution is 6.00. The Morgan fingerprint density at radius 1 is 0.941 bits per heavy atom. The first-order valence-corrected chi connectivity index (χ1v) is 10.9. The van der Waals surface area contributed by atoms with E-state index in [-0.39, 0.29) is 17.5 Å². The van der Waals surface area contributed by atoms with E-state index in [0.29, 0.717) is 40.6 Å². The van der Waals surface area contributed by atoms with E-state index in [1.165, 1.54) is 30.3 Å². The van der Waals surface area contributed by atoms with Gasteiger partial charge in [-0.25, -0.2) is 8.78 Å². The van der Waals surface area contributed by atoms with Crippen molar-refractivity contribution >= 4 is 34.6 Å². The van der Waals surface area contributed by atoms with Crippen molar-refractivity contribution in [3.05, 3.63) is 77.9 Å². The molecule has 0 amide bonds. The average Bonchev–Trinajstić information content (AvgIpc) is 3.47. The number of carbonyl (C=O) groups is 2. The molecule has 2 atom stereocenters. The predicted octanol–water partition coefficient (Wildman–Crippen LogP) is 6.20. The van der Waals surface area contributed by atoms with Crippen LogP contribution in [0.25, 0.3) is 22.2 Å². The maximum absolute atomic E-state index is 14.8. The largest absolute Gasteiger partial charge is 0.481 e. The number of halogens is 2. The van der Waals surface area contributed by atoms with Gasteiger partial charge >= 0.3 is 5.97 Å². The standard InChI is InChI=1S/C26H20F2N2O4/c27-17-9-11-23-22(13-17)30-26(34-23)29-21-10-8-16(12-20(21)28)14-4-6-15(7-5-14)24(31)18-2-1-3-19(18)25(32)33/h4-13,18-19H,1-3H2,(H,29,30)(H,32,33)/t18-,19-/m1/s1. The summed E-state index contributed by atoms with van der Waals surface area (Å²) < 4.78 is 33.6. The molecule has 1 aliphatic rings. The first-order valence-electron chi connectivity index (χ1n) is 10.9. The highest BCUT2D eigenvalue weighted by Crippen LogP contribution is 2.35. The number of hydrogen-bond donors (Lipinski definition) is 2. The molecule has 0 bridgehead atoms. The zero-order valence-electron chi connectivity index (χ0n) is 17.9. The Kier molecular flexibility index (Phi) is 5.57. The van der Waals surface area contributed by atoms with Crippen LogP contribution >= 0.6 is 0 Å². The number of ketones is 1. The van der Waals surface area contributed by atoms with Gasteiger partial charge in [0.2, 0.25) is 0 Å². The molecule has 172 valence electrons. The quantitative estimate of drug-likeness (QED) is 0.332. The van der Waals surface area contributed by atoms with E-state index in [4.69, 9.17) is 4.42 Å². The Morgan fingerprint density at radius 3 is 2.41 bits per heavy atom. The minimum absolute atomic E-state index is 0.0432. The van der Waals surface area contributed by atoms with Crippen LogP contribution < -0.4 is 5.32 Å². The number of nitrogens with zero attached hydrogens (tertiary/aromatic N) is 1. The Hall–Kier alpha value is -4.07. The maximum atomic E-state index is 14.8. The molecule has 3 aromatic carbocycles. The van der Waals surface area contributed by atoms with Gasteiger partial charge in [-0.3, -0.25) is 9.59 Å². The lowest BCUT2D eigenvalue weighted by Crippen LogP contribution is -2.25. The smallest absolute Gasteiger partial charge is 0.307 e. The Morgan fingerprint density at radius 2 is 1.68 bits per heavy atom. The molecular weight excluding hydrogens is 442 g/mol. The van der Waals surface area contributed by atoms with Gasteiger partial charge in [-0.05, 0) is 48.2 Å². The number of hydrogen-bond acceptors (Lipinski definition) is 5. The van der Waals surface area contributed by atoms with Gasteiger partial charge in [-0.1, -0.05) is 36.8 Å². The van der Waals surface area contributed by atoms with Crippen LogP contribution in [0.15, 0.2) is 65.1 Å². The molecule has 0 aliphatic heterocycles. The molecule has 0 saturated heterocycles. The van der Waals surface area contributed by atoms with E-state index in [2.05, 4.69) is 10.3 Å². The molecule has 0 radical (unpaired) electrons. The second kappa shape index (κ2) is 8.70. The fraction of sp³-hybridized carbons (Fsp3) is 0.192. The molecule has 1 fully saturated rings. The van der Waals surface area contributed by atoms with Crippen molar-refractivity contribution in [2.24, 2.45) is 11.8 Å². The van der Waals surface area contributed by atoms with Crippen LogP contribution in [0.3, 0.4) is 0 Å². The second-order valence-corrected chi connectivity index (χ2v) is 8.37. The van der Waals surface area contributed by atoms with Crippen molar-refractivity contribution in [2.45, 2.75) is 19.3 Å². The van der Waals surface area contributed by atoms with Crippen LogP contribution in [0, 0.1) is 23.5 Å². The van der Waals surface area contributed by atoms with Crippen molar-refractivity contribution in [1.29, 1.82) is 0 Å². The van der Waals surface area contributed by atoms with Gasteiger partial charge in [0.25, 0.3) is 6.01 Å². The topological polar surface area (TPSA) is 92.4 Å². The van der Waals surface area contributed by atoms with Crippen molar-refractivity contribution in [2.75, 3.05) is 5.32 Å². The number of nitrogens with one attached hydrogen (secondary N) is 1. The van der Waals surface area contributed by atoms with Gasteiger partial charge in [-0.2, -0.15) is 4.98 Å². The Labute approximate surface area is 193 Å². The molecule has 0 spiro atoms. The van der Waals surface area contributed by atoms with Gasteiger partial charge in [0.1, 0.15) is 17.2 Å². The van der Waals surface area contributed by atoms with Gasteiger partial charge in [0.15, 0.2) is 11.4 Å². The van der Waals surface area contributed by atoms with Crippen molar-refractivity contribution in [3.8, 4) is 11.1 Å². The number of carbonyl (C=O) groups excluding carboxylic acids is 1. The molecule has 1 heterocycles. The first-order chi connectivity index (χ1) is 16.4. The third-order valence-electron chi connectivity index (χ3n) is 6.23. The fourth-order valence-electron chi connectivity index (χ4n) is 4.48. The van der Waals surface area contributed by atoms with E-state index in [0.717, 1.165) is 6.42 Å². The van der Waals surface area contributed by atoms with Crippen molar-refractivity contribution in [1.82, 2.24) is 4.98 Å². The van der Waals surface area contributed by atoms with Gasteiger partial charge < -0.3 is 14.8 Å². The molecule has 6 nitrogen and oxygen atoms in total. The summed E-state index contributed by atoms with van der Waals surface area (Å²) in [5, 5.41) is 12.1. The molecular formula is C26H20F2N2O4. The van der Waals surface area contributed by atoms with Crippen LogP contribution in [0.4, 0.5) is 20.5 Å². The Bertz CT molecular complexity index is 1400. The monoisotopic (exact) mass is 462 g/mol. The SMILES string of the molecule is O=C(O)[C@@H]1CCC[C@H]1C(=O)c1ccc(-c2ccc(Nc3nc4cc(F)ccc4o3)c(F)c2)cc1. The number of carboxylic acids is 1. The summed E-state index contributed by atoms with van der Waals surface area (Å²) in [5.74, 6) is -3.22. The minimum atomic E-state index is -0.929. The summed E-state index contributed by atoms with van der Waals surface area (Å²) in [4.78, 5) is 28.3. The number of rotatable bonds is 6. The van der Waals surface area contributed by atoms with E-state index in [1.807, 2.05) is 0 Å². The summed E-state index contributed by atoms with van der Waals surface area (Å²) in [7, 11) is 0. The van der Waals surface area contributed by atoms with Crippen LogP contribution in [-0.4, -0.2) is 21.8 Å². The first kappa shape index (κ1) is 21.8. The molecule has 1 aliphatic carbocycles. The van der Waals surface area contributed by atoms with E-state index in [9.17, 15) is 23.5 Å². The van der Waals surface area contributed by atoms with E-state index < -0.39 is 29.4 Å². The average molecular weight is 462 g/mol. The number of oxazole rings is 1. The number of aromatic nitrogens is 1. The molecule has 34 heavy (non-hydrogen) atoms. The van der Waals surface area contributed by atoms with Crippen LogP contribution in [0.5, 0.6) is 0 Å². The predicted molar refractivity (Wildman–Crippen MR) is 122 cm³/mol. The molecule has 8 heteroatoms. The number of aliphatic carboxylic acids is 1. The molecule has 1 aromatic heterocycles. The van der Waals surface area contributed by atoms with E-state index >= 15 is 0 Å². The minimum Gasteiger partial charge on any atom is -0.481 e. The fourth-order valence-corrected chi connectivity index (χ4v) is 4.48. The van der Waals surface area contributed by atoms with Gasteiger partial charge in [-0.15, -0.1) is 0 Å². The van der Waals surface area contributed by atoms with Crippen molar-refractivity contribution in [3.63, 3.8) is 0 Å². The second-order valence-electron chi connectivity index (χ2n) is 8.37. The summed E-state index contributed by atoms with van der Waals surface area (Å²) in [6.45, 7) is 0. The van der Waals surface area contributed by atoms with Gasteiger partial charge in [0, 0.05) is 17.5 Å². The van der Waals surface area contributed by atoms with Crippen LogP contribution in [0.2, 0.25) is 0 Å². The molecule has 0 unspecified atom stereocenters. The zero-order chi connectivity index (χ0) is 23.8. The molecule has 1 saturated carbocycles. The number of carboxylic acid groups (broad SMARTS) is 1. The summed E-state index contributed by atoms with van der Waals surface area (Å²) in [6, 6.07) is 15.3. The zero-order valence-corrected chi connectivity index (χ0v) is 17.9. The summed E-state index contributed by atoms with van der Waals surface area (Å²) >= 11 is 0. The highest BCUT2D eigenvalue weighted by Gasteiger charge is 2.37. The third kappa shape index (κ3) is 4.14. The van der Waals surface area contributed by atoms with Crippen LogP contribution in [-0.2, 0) is 4.79 Å². The third-order valence-corrected chi connectivity index (χ3v) is 6.23. The van der Waals surface area contributed by atoms with E-state index in [1.54, 1.807) is 30.3 Å². The highest BCUT2D eigenvalue weighted by atomic mass is 19.1. The Balaban J connectivity index is 1.32. The summed E-state index contributed by atoms with van der Waals surface area (Å²) in [6.07, 6.45) is 1.82. The molecule has 2 N–H and O–H groups in total. The number of benzene rings is 3.